The number of aromatic nitrogens is 1. The Morgan fingerprint density at radius 1 is 1.48 bits per heavy atom. The highest BCUT2D eigenvalue weighted by molar-refractivity contribution is 6.13. The number of nitrogens with one attached hydrogen (secondary N) is 2. The average Bonchev–Trinajstić information content (AvgIpc) is 2.72. The topological polar surface area (TPSA) is 99.1 Å². The second-order valence-electron chi connectivity index (χ2n) is 8.59. The van der Waals surface area contributed by atoms with Crippen LogP contribution in [0.5, 0.6) is 0 Å². The number of aliphatic imine (C=N–C) groups is 1. The molecule has 0 bridgehead atoms. The number of anilines is 1. The van der Waals surface area contributed by atoms with E-state index in [9.17, 15) is 9.90 Å². The number of carbonyl (C=O) groups excluding carboxylic acids is 1. The molecule has 0 aromatic carbocycles. The molecule has 1 aromatic heterocycles. The third-order valence-electron chi connectivity index (χ3n) is 5.64. The van der Waals surface area contributed by atoms with Gasteiger partial charge in [-0.1, -0.05) is 13.5 Å². The number of ether oxygens (including phenoxy) is 1. The van der Waals surface area contributed by atoms with E-state index >= 15 is 0 Å². The lowest BCUT2D eigenvalue weighted by Gasteiger charge is -2.34. The summed E-state index contributed by atoms with van der Waals surface area (Å²) in [5.74, 6) is 1.24. The Morgan fingerprint density at radius 3 is 2.84 bits per heavy atom. The first-order chi connectivity index (χ1) is 14.6. The van der Waals surface area contributed by atoms with Crippen LogP contribution in [0.3, 0.4) is 0 Å². The van der Waals surface area contributed by atoms with E-state index in [1.165, 1.54) is 6.20 Å². The van der Waals surface area contributed by atoms with Crippen LogP contribution in [0.15, 0.2) is 35.5 Å². The molecule has 3 rings (SSSR count). The molecular weight excluding hydrogens is 394 g/mol. The van der Waals surface area contributed by atoms with Gasteiger partial charge in [-0.2, -0.15) is 0 Å². The zero-order chi connectivity index (χ0) is 22.8. The molecule has 2 aliphatic rings. The SMILES string of the molecule is C=CN=C1NC(=O)OC(CC)/C1=C(/C)c1cc(C(C)(C)O)cc(N2CCNC(C)C2)n1. The number of hydrogen-bond donors (Lipinski definition) is 3. The Hall–Kier alpha value is -2.71. The van der Waals surface area contributed by atoms with Gasteiger partial charge in [-0.15, -0.1) is 0 Å². The summed E-state index contributed by atoms with van der Waals surface area (Å²) in [4.78, 5) is 23.4. The maximum Gasteiger partial charge on any atom is 0.413 e. The fourth-order valence-electron chi connectivity index (χ4n) is 3.94. The van der Waals surface area contributed by atoms with Crippen molar-refractivity contribution in [1.82, 2.24) is 15.6 Å². The molecule has 168 valence electrons. The molecule has 3 heterocycles. The second-order valence-corrected chi connectivity index (χ2v) is 8.59. The fraction of sp³-hybridized carbons (Fsp3) is 0.522. The van der Waals surface area contributed by atoms with E-state index in [1.54, 1.807) is 13.8 Å². The lowest BCUT2D eigenvalue weighted by atomic mass is 9.93. The summed E-state index contributed by atoms with van der Waals surface area (Å²) < 4.78 is 5.51. The van der Waals surface area contributed by atoms with Crippen molar-refractivity contribution in [3.05, 3.63) is 41.7 Å². The van der Waals surface area contributed by atoms with Crippen molar-refractivity contribution in [2.24, 2.45) is 4.99 Å². The number of amidine groups is 1. The summed E-state index contributed by atoms with van der Waals surface area (Å²) in [5, 5.41) is 16.9. The Bertz CT molecular complexity index is 916. The lowest BCUT2D eigenvalue weighted by Crippen LogP contribution is -2.49. The van der Waals surface area contributed by atoms with Gasteiger partial charge in [0.05, 0.1) is 11.3 Å². The quantitative estimate of drug-likeness (QED) is 0.668. The number of piperazine rings is 1. The van der Waals surface area contributed by atoms with Crippen LogP contribution in [0.1, 0.15) is 52.3 Å². The van der Waals surface area contributed by atoms with Gasteiger partial charge in [0.15, 0.2) is 0 Å². The zero-order valence-corrected chi connectivity index (χ0v) is 19.0. The molecule has 2 saturated heterocycles. The van der Waals surface area contributed by atoms with Crippen molar-refractivity contribution in [2.45, 2.75) is 58.8 Å². The van der Waals surface area contributed by atoms with E-state index in [-0.39, 0.29) is 0 Å². The Morgan fingerprint density at radius 2 is 2.23 bits per heavy atom. The minimum absolute atomic E-state index is 0.349. The third-order valence-corrected chi connectivity index (χ3v) is 5.64. The number of amides is 1. The Labute approximate surface area is 184 Å². The number of carbonyl (C=O) groups is 1. The molecule has 2 fully saturated rings. The molecule has 1 aromatic rings. The molecule has 0 spiro atoms. The summed E-state index contributed by atoms with van der Waals surface area (Å²) in [6.07, 6.45) is 1.03. The number of rotatable bonds is 5. The van der Waals surface area contributed by atoms with Crippen molar-refractivity contribution < 1.29 is 14.6 Å². The minimum Gasteiger partial charge on any atom is -0.441 e. The van der Waals surface area contributed by atoms with Gasteiger partial charge in [0.2, 0.25) is 0 Å². The minimum atomic E-state index is -1.03. The number of pyridine rings is 1. The number of aliphatic hydroxyl groups is 1. The average molecular weight is 428 g/mol. The van der Waals surface area contributed by atoms with E-state index in [2.05, 4.69) is 34.0 Å². The van der Waals surface area contributed by atoms with Crippen LogP contribution in [-0.2, 0) is 10.3 Å². The van der Waals surface area contributed by atoms with Crippen molar-refractivity contribution in [2.75, 3.05) is 24.5 Å². The van der Waals surface area contributed by atoms with Crippen LogP contribution in [0.4, 0.5) is 10.6 Å². The Kier molecular flexibility index (Phi) is 6.81. The molecule has 0 saturated carbocycles. The highest BCUT2D eigenvalue weighted by atomic mass is 16.6. The predicted octanol–water partition coefficient (Wildman–Crippen LogP) is 2.94. The van der Waals surface area contributed by atoms with E-state index in [0.717, 1.165) is 42.2 Å². The predicted molar refractivity (Wildman–Crippen MR) is 123 cm³/mol. The third kappa shape index (κ3) is 5.14. The van der Waals surface area contributed by atoms with E-state index in [0.29, 0.717) is 24.0 Å². The van der Waals surface area contributed by atoms with Gasteiger partial charge in [0.1, 0.15) is 17.8 Å². The summed E-state index contributed by atoms with van der Waals surface area (Å²) in [7, 11) is 0. The maximum atomic E-state index is 12.0. The second kappa shape index (κ2) is 9.20. The molecule has 31 heavy (non-hydrogen) atoms. The molecule has 0 aliphatic carbocycles. The van der Waals surface area contributed by atoms with Crippen molar-refractivity contribution >= 4 is 23.3 Å². The number of allylic oxidation sites excluding steroid dienone is 1. The number of alkyl carbamates (subject to hydrolysis) is 1. The maximum absolute atomic E-state index is 12.0. The van der Waals surface area contributed by atoms with Crippen molar-refractivity contribution in [3.8, 4) is 0 Å². The molecule has 8 heteroatoms. The molecule has 3 N–H and O–H groups in total. The van der Waals surface area contributed by atoms with Crippen LogP contribution >= 0.6 is 0 Å². The molecule has 0 radical (unpaired) electrons. The molecule has 2 aliphatic heterocycles. The standard InChI is InChI=1S/C23H33N5O3/c1-7-18-20(21(24-8-2)27-22(29)31-18)15(4)17-11-16(23(5,6)30)12-19(26-17)28-10-9-25-14(3)13-28/h8,11-12,14,18,25,30H,2,7,9-10,13H2,1,3-6H3,(H,24,27,29)/b20-15+. The molecule has 1 amide bonds. The monoisotopic (exact) mass is 427 g/mol. The molecule has 2 atom stereocenters. The Balaban J connectivity index is 2.16. The molecule has 8 nitrogen and oxygen atoms in total. The largest absolute Gasteiger partial charge is 0.441 e. The van der Waals surface area contributed by atoms with Gasteiger partial charge in [0.25, 0.3) is 0 Å². The summed E-state index contributed by atoms with van der Waals surface area (Å²) >= 11 is 0. The van der Waals surface area contributed by atoms with Crippen LogP contribution in [-0.4, -0.2) is 53.8 Å². The molecule has 2 unspecified atom stereocenters. The first kappa shape index (κ1) is 23.0. The van der Waals surface area contributed by atoms with E-state index in [1.807, 2.05) is 26.0 Å². The van der Waals surface area contributed by atoms with Crippen molar-refractivity contribution in [1.29, 1.82) is 0 Å². The van der Waals surface area contributed by atoms with E-state index in [4.69, 9.17) is 9.72 Å². The normalized spacial score (nSPS) is 25.2. The number of cyclic esters (lactones) is 1. The van der Waals surface area contributed by atoms with Crippen LogP contribution in [0, 0.1) is 0 Å². The molecular formula is C23H33N5O3. The lowest BCUT2D eigenvalue weighted by molar-refractivity contribution is 0.0785. The summed E-state index contributed by atoms with van der Waals surface area (Å²) in [5.41, 5.74) is 2.06. The smallest absolute Gasteiger partial charge is 0.413 e. The number of hydrogen-bond acceptors (Lipinski definition) is 7. The van der Waals surface area contributed by atoms with E-state index < -0.39 is 17.8 Å². The van der Waals surface area contributed by atoms with Gasteiger partial charge in [-0.3, -0.25) is 5.32 Å². The fourth-order valence-corrected chi connectivity index (χ4v) is 3.94. The van der Waals surface area contributed by atoms with Crippen LogP contribution in [0.2, 0.25) is 0 Å². The summed E-state index contributed by atoms with van der Waals surface area (Å²) in [6.45, 7) is 15.8. The van der Waals surface area contributed by atoms with Gasteiger partial charge < -0.3 is 20.1 Å². The van der Waals surface area contributed by atoms with Crippen molar-refractivity contribution in [3.63, 3.8) is 0 Å². The first-order valence-corrected chi connectivity index (χ1v) is 10.7. The highest BCUT2D eigenvalue weighted by Gasteiger charge is 2.32. The van der Waals surface area contributed by atoms with Crippen LogP contribution < -0.4 is 15.5 Å². The number of nitrogens with zero attached hydrogens (tertiary/aromatic N) is 3. The van der Waals surface area contributed by atoms with Crippen LogP contribution in [0.25, 0.3) is 5.57 Å². The van der Waals surface area contributed by atoms with Gasteiger partial charge in [0, 0.05) is 37.4 Å². The zero-order valence-electron chi connectivity index (χ0n) is 19.0. The van der Waals surface area contributed by atoms with Gasteiger partial charge >= 0.3 is 6.09 Å². The van der Waals surface area contributed by atoms with Gasteiger partial charge in [-0.05, 0) is 57.4 Å². The first-order valence-electron chi connectivity index (χ1n) is 10.7. The van der Waals surface area contributed by atoms with Gasteiger partial charge in [-0.25, -0.2) is 14.8 Å². The summed E-state index contributed by atoms with van der Waals surface area (Å²) in [6, 6.07) is 4.20. The highest BCUT2D eigenvalue weighted by Crippen LogP contribution is 2.31.